The fourth-order valence-electron chi connectivity index (χ4n) is 4.75. The zero-order valence-electron chi connectivity index (χ0n) is 22.4. The summed E-state index contributed by atoms with van der Waals surface area (Å²) in [6, 6.07) is 14.4. The molecular weight excluding hydrogens is 534 g/mol. The highest BCUT2D eigenvalue weighted by atomic mass is 35.5. The molecular formula is C30H30ClN3O4S. The number of amides is 1. The third-order valence-electron chi connectivity index (χ3n) is 6.67. The summed E-state index contributed by atoms with van der Waals surface area (Å²) in [4.78, 5) is 32.9. The smallest absolute Gasteiger partial charge is 0.339 e. The van der Waals surface area contributed by atoms with E-state index in [0.29, 0.717) is 35.0 Å². The van der Waals surface area contributed by atoms with Gasteiger partial charge >= 0.3 is 5.97 Å². The molecule has 0 saturated carbocycles. The number of rotatable bonds is 5. The summed E-state index contributed by atoms with van der Waals surface area (Å²) in [6.45, 7) is 8.50. The van der Waals surface area contributed by atoms with Crippen molar-refractivity contribution in [2.75, 3.05) is 13.1 Å². The van der Waals surface area contributed by atoms with Crippen LogP contribution in [-0.4, -0.2) is 45.6 Å². The van der Waals surface area contributed by atoms with Crippen molar-refractivity contribution in [1.82, 2.24) is 15.0 Å². The number of halogens is 1. The first-order valence-corrected chi connectivity index (χ1v) is 14.2. The van der Waals surface area contributed by atoms with Crippen molar-refractivity contribution < 1.29 is 18.8 Å². The van der Waals surface area contributed by atoms with E-state index in [-0.39, 0.29) is 11.8 Å². The Bertz CT molecular complexity index is 1500. The number of nitrogens with zero attached hydrogens (tertiary/aromatic N) is 3. The van der Waals surface area contributed by atoms with E-state index in [2.05, 4.69) is 5.16 Å². The number of aryl methyl sites for hydroxylation is 1. The van der Waals surface area contributed by atoms with Gasteiger partial charge in [-0.1, -0.05) is 41.0 Å². The minimum absolute atomic E-state index is 0.151. The molecule has 5 rings (SSSR count). The van der Waals surface area contributed by atoms with Crippen LogP contribution in [0.1, 0.15) is 71.0 Å². The Kier molecular flexibility index (Phi) is 7.60. The molecule has 9 heteroatoms. The molecule has 2 aromatic heterocycles. The molecule has 4 aromatic rings. The summed E-state index contributed by atoms with van der Waals surface area (Å²) < 4.78 is 11.1. The van der Waals surface area contributed by atoms with Crippen molar-refractivity contribution in [3.8, 4) is 22.5 Å². The Morgan fingerprint density at radius 1 is 1.05 bits per heavy atom. The zero-order valence-corrected chi connectivity index (χ0v) is 23.9. The third kappa shape index (κ3) is 5.92. The van der Waals surface area contributed by atoms with Crippen LogP contribution in [0.3, 0.4) is 0 Å². The lowest BCUT2D eigenvalue weighted by Gasteiger charge is -2.31. The Hall–Kier alpha value is -3.49. The molecule has 3 heterocycles. The molecule has 0 unspecified atom stereocenters. The summed E-state index contributed by atoms with van der Waals surface area (Å²) in [5.41, 5.74) is 3.40. The van der Waals surface area contributed by atoms with E-state index in [4.69, 9.17) is 25.8 Å². The molecule has 1 amide bonds. The van der Waals surface area contributed by atoms with E-state index in [0.717, 1.165) is 40.4 Å². The van der Waals surface area contributed by atoms with E-state index >= 15 is 0 Å². The normalized spacial score (nSPS) is 14.4. The van der Waals surface area contributed by atoms with Gasteiger partial charge in [0.1, 0.15) is 17.1 Å². The molecule has 0 aliphatic carbocycles. The molecule has 0 atom stereocenters. The second-order valence-electron chi connectivity index (χ2n) is 10.7. The molecule has 202 valence electrons. The van der Waals surface area contributed by atoms with Crippen molar-refractivity contribution in [1.29, 1.82) is 0 Å². The SMILES string of the molecule is Cc1onc(-c2ccc(Cl)cc2)c1-c1csc(C2CCN(C(=O)c3ccccc3C(=O)OC(C)(C)C)CC2)n1. The second kappa shape index (κ2) is 10.9. The Labute approximate surface area is 236 Å². The van der Waals surface area contributed by atoms with Crippen LogP contribution in [0.2, 0.25) is 5.02 Å². The standard InChI is InChI=1S/C30H30ClN3O4S/c1-18-25(26(33-38-18)19-9-11-21(31)12-10-19)24-17-39-27(32-24)20-13-15-34(16-14-20)28(35)22-7-5-6-8-23(22)29(36)37-30(2,3)4/h5-12,17,20H,13-16H2,1-4H3. The average molecular weight is 564 g/mol. The first-order chi connectivity index (χ1) is 18.6. The van der Waals surface area contributed by atoms with Crippen molar-refractivity contribution in [2.24, 2.45) is 0 Å². The second-order valence-corrected chi connectivity index (χ2v) is 12.0. The van der Waals surface area contributed by atoms with Gasteiger partial charge in [-0.3, -0.25) is 4.79 Å². The molecule has 1 fully saturated rings. The van der Waals surface area contributed by atoms with Crippen molar-refractivity contribution >= 4 is 34.8 Å². The summed E-state index contributed by atoms with van der Waals surface area (Å²) in [7, 11) is 0. The number of likely N-dealkylation sites (tertiary alicyclic amines) is 1. The van der Waals surface area contributed by atoms with Crippen LogP contribution in [0, 0.1) is 6.92 Å². The number of aromatic nitrogens is 2. The van der Waals surface area contributed by atoms with Gasteiger partial charge in [0.25, 0.3) is 5.91 Å². The van der Waals surface area contributed by atoms with Gasteiger partial charge in [-0.15, -0.1) is 11.3 Å². The van der Waals surface area contributed by atoms with Gasteiger partial charge in [-0.2, -0.15) is 0 Å². The van der Waals surface area contributed by atoms with Gasteiger partial charge in [0.15, 0.2) is 0 Å². The summed E-state index contributed by atoms with van der Waals surface area (Å²) >= 11 is 7.68. The summed E-state index contributed by atoms with van der Waals surface area (Å²) in [5.74, 6) is 0.315. The van der Waals surface area contributed by atoms with Crippen LogP contribution < -0.4 is 0 Å². The van der Waals surface area contributed by atoms with Crippen LogP contribution >= 0.6 is 22.9 Å². The van der Waals surface area contributed by atoms with Gasteiger partial charge in [0.2, 0.25) is 0 Å². The lowest BCUT2D eigenvalue weighted by Crippen LogP contribution is -2.38. The highest BCUT2D eigenvalue weighted by Gasteiger charge is 2.30. The predicted molar refractivity (Wildman–Crippen MR) is 152 cm³/mol. The molecule has 1 saturated heterocycles. The first kappa shape index (κ1) is 27.1. The number of carbonyl (C=O) groups is 2. The van der Waals surface area contributed by atoms with Crippen LogP contribution in [-0.2, 0) is 4.74 Å². The van der Waals surface area contributed by atoms with E-state index in [9.17, 15) is 9.59 Å². The Morgan fingerprint density at radius 3 is 2.38 bits per heavy atom. The maximum absolute atomic E-state index is 13.4. The van der Waals surface area contributed by atoms with Crippen LogP contribution in [0.5, 0.6) is 0 Å². The fourth-order valence-corrected chi connectivity index (χ4v) is 5.86. The maximum atomic E-state index is 13.4. The Balaban J connectivity index is 1.29. The molecule has 0 radical (unpaired) electrons. The number of piperidine rings is 1. The van der Waals surface area contributed by atoms with Gasteiger partial charge in [-0.25, -0.2) is 9.78 Å². The number of thiazole rings is 1. The van der Waals surface area contributed by atoms with Crippen LogP contribution in [0.25, 0.3) is 22.5 Å². The number of hydrogen-bond acceptors (Lipinski definition) is 7. The molecule has 1 aliphatic rings. The van der Waals surface area contributed by atoms with E-state index in [1.807, 2.05) is 62.2 Å². The summed E-state index contributed by atoms with van der Waals surface area (Å²) in [5, 5.41) is 8.02. The topological polar surface area (TPSA) is 85.5 Å². The molecule has 0 spiro atoms. The number of ether oxygens (including phenoxy) is 1. The monoisotopic (exact) mass is 563 g/mol. The predicted octanol–water partition coefficient (Wildman–Crippen LogP) is 7.40. The van der Waals surface area contributed by atoms with E-state index in [1.54, 1.807) is 35.6 Å². The quantitative estimate of drug-likeness (QED) is 0.235. The lowest BCUT2D eigenvalue weighted by atomic mass is 9.96. The molecule has 0 N–H and O–H groups in total. The number of carbonyl (C=O) groups excluding carboxylic acids is 2. The highest BCUT2D eigenvalue weighted by Crippen LogP contribution is 2.38. The van der Waals surface area contributed by atoms with E-state index in [1.165, 1.54) is 0 Å². The summed E-state index contributed by atoms with van der Waals surface area (Å²) in [6.07, 6.45) is 1.58. The minimum Gasteiger partial charge on any atom is -0.456 e. The first-order valence-electron chi connectivity index (χ1n) is 12.9. The molecule has 0 bridgehead atoms. The lowest BCUT2D eigenvalue weighted by molar-refractivity contribution is 0.00664. The number of benzene rings is 2. The number of hydrogen-bond donors (Lipinski definition) is 0. The Morgan fingerprint density at radius 2 is 1.72 bits per heavy atom. The number of esters is 1. The van der Waals surface area contributed by atoms with Gasteiger partial charge in [-0.05, 0) is 64.8 Å². The highest BCUT2D eigenvalue weighted by molar-refractivity contribution is 7.10. The average Bonchev–Trinajstić information content (AvgIpc) is 3.54. The largest absolute Gasteiger partial charge is 0.456 e. The van der Waals surface area contributed by atoms with E-state index < -0.39 is 11.6 Å². The van der Waals surface area contributed by atoms with Gasteiger partial charge in [0.05, 0.1) is 27.4 Å². The molecule has 2 aromatic carbocycles. The van der Waals surface area contributed by atoms with Gasteiger partial charge in [0, 0.05) is 35.0 Å². The van der Waals surface area contributed by atoms with Crippen molar-refractivity contribution in [2.45, 2.75) is 52.1 Å². The maximum Gasteiger partial charge on any atom is 0.339 e. The van der Waals surface area contributed by atoms with Crippen molar-refractivity contribution in [3.05, 3.63) is 80.8 Å². The third-order valence-corrected chi connectivity index (χ3v) is 7.93. The van der Waals surface area contributed by atoms with Gasteiger partial charge < -0.3 is 14.2 Å². The minimum atomic E-state index is -0.640. The molecule has 39 heavy (non-hydrogen) atoms. The fraction of sp³-hybridized carbons (Fsp3) is 0.333. The van der Waals surface area contributed by atoms with Crippen LogP contribution in [0.4, 0.5) is 0 Å². The van der Waals surface area contributed by atoms with Crippen molar-refractivity contribution in [3.63, 3.8) is 0 Å². The van der Waals surface area contributed by atoms with Crippen LogP contribution in [0.15, 0.2) is 58.4 Å². The zero-order chi connectivity index (χ0) is 27.7. The molecule has 7 nitrogen and oxygen atoms in total. The molecule has 1 aliphatic heterocycles.